The molecular formula is C21H22N2O6. The molecule has 8 nitrogen and oxygen atoms in total. The van der Waals surface area contributed by atoms with Crippen molar-refractivity contribution in [1.82, 2.24) is 0 Å². The van der Waals surface area contributed by atoms with Crippen LogP contribution in [0.2, 0.25) is 0 Å². The van der Waals surface area contributed by atoms with Gasteiger partial charge in [-0.15, -0.1) is 0 Å². The molecule has 2 N–H and O–H groups in total. The lowest BCUT2D eigenvalue weighted by Gasteiger charge is -2.38. The van der Waals surface area contributed by atoms with E-state index in [1.165, 1.54) is 30.2 Å². The van der Waals surface area contributed by atoms with Crippen molar-refractivity contribution in [3.8, 4) is 11.5 Å². The number of nitrogens with zero attached hydrogens (tertiary/aromatic N) is 1. The molecule has 0 fully saturated rings. The average Bonchev–Trinajstić information content (AvgIpc) is 2.65. The van der Waals surface area contributed by atoms with Gasteiger partial charge in [0.15, 0.2) is 5.60 Å². The van der Waals surface area contributed by atoms with E-state index in [9.17, 15) is 19.5 Å². The first kappa shape index (κ1) is 20.2. The lowest BCUT2D eigenvalue weighted by atomic mass is 10.0. The van der Waals surface area contributed by atoms with Crippen LogP contribution in [0.3, 0.4) is 0 Å². The number of rotatable bonds is 5. The van der Waals surface area contributed by atoms with Crippen LogP contribution < -0.4 is 19.7 Å². The number of carboxylic acids is 1. The SMILES string of the molecule is COc1ccc(C)cc1NC(=O)CN1C(=O)C(C)(C)Oc2ccc(C(=O)O)cc21. The number of aromatic carboxylic acids is 1. The molecule has 29 heavy (non-hydrogen) atoms. The van der Waals surface area contributed by atoms with Crippen LogP contribution in [0.15, 0.2) is 36.4 Å². The second-order valence-corrected chi connectivity index (χ2v) is 7.24. The number of fused-ring (bicyclic) bond motifs is 1. The van der Waals surface area contributed by atoms with Gasteiger partial charge in [-0.05, 0) is 56.7 Å². The molecule has 0 unspecified atom stereocenters. The summed E-state index contributed by atoms with van der Waals surface area (Å²) in [5.41, 5.74) is 0.447. The van der Waals surface area contributed by atoms with E-state index in [2.05, 4.69) is 5.32 Å². The topological polar surface area (TPSA) is 105 Å². The molecule has 0 aliphatic carbocycles. The highest BCUT2D eigenvalue weighted by Gasteiger charge is 2.42. The quantitative estimate of drug-likeness (QED) is 0.802. The highest BCUT2D eigenvalue weighted by atomic mass is 16.5. The van der Waals surface area contributed by atoms with E-state index in [0.29, 0.717) is 17.2 Å². The molecule has 1 aliphatic rings. The van der Waals surface area contributed by atoms with E-state index >= 15 is 0 Å². The highest BCUT2D eigenvalue weighted by molar-refractivity contribution is 6.08. The Labute approximate surface area is 168 Å². The molecule has 2 aromatic rings. The Balaban J connectivity index is 1.92. The van der Waals surface area contributed by atoms with Crippen molar-refractivity contribution in [2.24, 2.45) is 0 Å². The maximum absolute atomic E-state index is 12.9. The van der Waals surface area contributed by atoms with Gasteiger partial charge in [0.05, 0.1) is 24.0 Å². The Kier molecular flexibility index (Phi) is 5.19. The van der Waals surface area contributed by atoms with Crippen LogP contribution >= 0.6 is 0 Å². The van der Waals surface area contributed by atoms with Gasteiger partial charge in [-0.2, -0.15) is 0 Å². The number of nitrogens with one attached hydrogen (secondary N) is 1. The summed E-state index contributed by atoms with van der Waals surface area (Å²) in [6.45, 7) is 4.77. The second-order valence-electron chi connectivity index (χ2n) is 7.24. The fourth-order valence-electron chi connectivity index (χ4n) is 3.11. The van der Waals surface area contributed by atoms with Crippen LogP contribution in [0.25, 0.3) is 0 Å². The predicted octanol–water partition coefficient (Wildman–Crippen LogP) is 2.84. The molecule has 0 saturated heterocycles. The van der Waals surface area contributed by atoms with E-state index in [1.54, 1.807) is 26.0 Å². The fourth-order valence-corrected chi connectivity index (χ4v) is 3.11. The van der Waals surface area contributed by atoms with Crippen molar-refractivity contribution in [3.05, 3.63) is 47.5 Å². The molecule has 0 radical (unpaired) electrons. The molecule has 3 rings (SSSR count). The molecule has 0 aromatic heterocycles. The van der Waals surface area contributed by atoms with Gasteiger partial charge in [0.2, 0.25) is 5.91 Å². The second kappa shape index (κ2) is 7.46. The molecule has 1 aliphatic heterocycles. The normalized spacial score (nSPS) is 14.6. The first-order valence-corrected chi connectivity index (χ1v) is 8.95. The van der Waals surface area contributed by atoms with Gasteiger partial charge in [-0.25, -0.2) is 4.79 Å². The van der Waals surface area contributed by atoms with E-state index in [4.69, 9.17) is 9.47 Å². The molecule has 1 heterocycles. The van der Waals surface area contributed by atoms with Crippen molar-refractivity contribution < 1.29 is 29.0 Å². The maximum Gasteiger partial charge on any atom is 0.335 e. The number of ether oxygens (including phenoxy) is 2. The third-order valence-electron chi connectivity index (χ3n) is 4.55. The Bertz CT molecular complexity index is 999. The summed E-state index contributed by atoms with van der Waals surface area (Å²) in [7, 11) is 1.50. The van der Waals surface area contributed by atoms with Crippen molar-refractivity contribution >= 4 is 29.2 Å². The minimum absolute atomic E-state index is 0.00869. The summed E-state index contributed by atoms with van der Waals surface area (Å²) in [6, 6.07) is 9.56. The number of methoxy groups -OCH3 is 1. The van der Waals surface area contributed by atoms with E-state index in [0.717, 1.165) is 5.56 Å². The van der Waals surface area contributed by atoms with Gasteiger partial charge in [0.25, 0.3) is 5.91 Å². The van der Waals surface area contributed by atoms with Crippen molar-refractivity contribution in [2.45, 2.75) is 26.4 Å². The Morgan fingerprint density at radius 3 is 2.59 bits per heavy atom. The minimum atomic E-state index is -1.20. The van der Waals surface area contributed by atoms with E-state index < -0.39 is 23.4 Å². The summed E-state index contributed by atoms with van der Waals surface area (Å²) in [6.07, 6.45) is 0. The molecule has 2 amide bonds. The number of aryl methyl sites for hydroxylation is 1. The summed E-state index contributed by atoms with van der Waals surface area (Å²) in [5.74, 6) is -1.21. The molecule has 8 heteroatoms. The van der Waals surface area contributed by atoms with Gasteiger partial charge in [0.1, 0.15) is 18.0 Å². The first-order valence-electron chi connectivity index (χ1n) is 8.95. The largest absolute Gasteiger partial charge is 0.495 e. The van der Waals surface area contributed by atoms with E-state index in [-0.39, 0.29) is 17.8 Å². The summed E-state index contributed by atoms with van der Waals surface area (Å²) in [5, 5.41) is 12.0. The monoisotopic (exact) mass is 398 g/mol. The molecule has 0 atom stereocenters. The number of hydrogen-bond donors (Lipinski definition) is 2. The number of carboxylic acid groups (broad SMARTS) is 1. The number of amides is 2. The molecule has 2 aromatic carbocycles. The van der Waals surface area contributed by atoms with Gasteiger partial charge >= 0.3 is 5.97 Å². The summed E-state index contributed by atoms with van der Waals surface area (Å²) < 4.78 is 11.0. The smallest absolute Gasteiger partial charge is 0.335 e. The van der Waals surface area contributed by atoms with Crippen LogP contribution in [0.4, 0.5) is 11.4 Å². The minimum Gasteiger partial charge on any atom is -0.495 e. The molecule has 0 spiro atoms. The van der Waals surface area contributed by atoms with Crippen molar-refractivity contribution in [1.29, 1.82) is 0 Å². The summed E-state index contributed by atoms with van der Waals surface area (Å²) in [4.78, 5) is 38.2. The first-order chi connectivity index (χ1) is 13.6. The predicted molar refractivity (Wildman–Crippen MR) is 107 cm³/mol. The van der Waals surface area contributed by atoms with Crippen LogP contribution in [-0.2, 0) is 9.59 Å². The Hall–Kier alpha value is -3.55. The van der Waals surface area contributed by atoms with Gasteiger partial charge in [-0.1, -0.05) is 6.07 Å². The number of hydrogen-bond acceptors (Lipinski definition) is 5. The number of carbonyl (C=O) groups excluding carboxylic acids is 2. The third-order valence-corrected chi connectivity index (χ3v) is 4.55. The fraction of sp³-hybridized carbons (Fsp3) is 0.286. The van der Waals surface area contributed by atoms with Crippen LogP contribution in [-0.4, -0.2) is 42.1 Å². The zero-order valence-electron chi connectivity index (χ0n) is 16.6. The van der Waals surface area contributed by atoms with Gasteiger partial charge in [-0.3, -0.25) is 14.5 Å². The Morgan fingerprint density at radius 1 is 1.21 bits per heavy atom. The van der Waals surface area contributed by atoms with E-state index in [1.807, 2.05) is 13.0 Å². The third kappa shape index (κ3) is 4.01. The van der Waals surface area contributed by atoms with Crippen LogP contribution in [0.5, 0.6) is 11.5 Å². The lowest BCUT2D eigenvalue weighted by Crippen LogP contribution is -2.54. The van der Waals surface area contributed by atoms with Crippen molar-refractivity contribution in [2.75, 3.05) is 23.9 Å². The van der Waals surface area contributed by atoms with Gasteiger partial charge < -0.3 is 19.9 Å². The molecule has 152 valence electrons. The molecular weight excluding hydrogens is 376 g/mol. The number of carbonyl (C=O) groups is 3. The van der Waals surface area contributed by atoms with Crippen LogP contribution in [0, 0.1) is 6.92 Å². The lowest BCUT2D eigenvalue weighted by molar-refractivity contribution is -0.133. The number of anilines is 2. The van der Waals surface area contributed by atoms with Gasteiger partial charge in [0, 0.05) is 0 Å². The molecule has 0 bridgehead atoms. The zero-order valence-corrected chi connectivity index (χ0v) is 16.6. The highest BCUT2D eigenvalue weighted by Crippen LogP contribution is 2.38. The van der Waals surface area contributed by atoms with Crippen LogP contribution in [0.1, 0.15) is 29.8 Å². The Morgan fingerprint density at radius 2 is 1.93 bits per heavy atom. The zero-order chi connectivity index (χ0) is 21.3. The van der Waals surface area contributed by atoms with Crippen molar-refractivity contribution in [3.63, 3.8) is 0 Å². The molecule has 0 saturated carbocycles. The average molecular weight is 398 g/mol. The standard InChI is InChI=1S/C21H22N2O6/c1-12-5-7-16(28-4)14(9-12)22-18(24)11-23-15-10-13(19(25)26)6-8-17(15)29-21(2,3)20(23)27/h5-10H,11H2,1-4H3,(H,22,24)(H,25,26). The summed E-state index contributed by atoms with van der Waals surface area (Å²) >= 11 is 0. The number of benzene rings is 2. The maximum atomic E-state index is 12.9.